The van der Waals surface area contributed by atoms with Crippen LogP contribution in [-0.2, 0) is 0 Å². The van der Waals surface area contributed by atoms with Gasteiger partial charge in [-0.1, -0.05) is 0 Å². The number of nitrogens with one attached hydrogen (secondary N) is 1. The summed E-state index contributed by atoms with van der Waals surface area (Å²) in [5.41, 5.74) is 1.16. The zero-order chi connectivity index (χ0) is 22.5. The Morgan fingerprint density at radius 1 is 1.16 bits per heavy atom. The predicted molar refractivity (Wildman–Crippen MR) is 122 cm³/mol. The van der Waals surface area contributed by atoms with E-state index in [4.69, 9.17) is 26.2 Å². The third kappa shape index (κ3) is 5.22. The van der Waals surface area contributed by atoms with E-state index >= 15 is 0 Å². The fraction of sp³-hybridized carbons (Fsp3) is 0.143. The van der Waals surface area contributed by atoms with E-state index < -0.39 is 12.7 Å². The van der Waals surface area contributed by atoms with E-state index in [-0.39, 0.29) is 0 Å². The normalized spacial score (nSPS) is 12.4. The monoisotopic (exact) mass is 468 g/mol. The molecule has 3 N–H and O–H groups in total. The molecule has 0 spiro atoms. The molecule has 4 rings (SSSR count). The van der Waals surface area contributed by atoms with E-state index in [0.29, 0.717) is 49.9 Å². The van der Waals surface area contributed by atoms with Crippen LogP contribution in [0.3, 0.4) is 0 Å². The Bertz CT molecular complexity index is 1300. The molecule has 3 heterocycles. The van der Waals surface area contributed by atoms with Crippen LogP contribution in [0.25, 0.3) is 0 Å². The van der Waals surface area contributed by atoms with E-state index in [1.54, 1.807) is 42.7 Å². The van der Waals surface area contributed by atoms with Crippen molar-refractivity contribution in [2.24, 2.45) is 4.99 Å². The van der Waals surface area contributed by atoms with Crippen molar-refractivity contribution in [3.8, 4) is 23.0 Å². The average Bonchev–Trinajstić information content (AvgIpc) is 3.26. The van der Waals surface area contributed by atoms with Gasteiger partial charge in [0.2, 0.25) is 0 Å². The van der Waals surface area contributed by atoms with Gasteiger partial charge in [-0.15, -0.1) is 0 Å². The van der Waals surface area contributed by atoms with Crippen LogP contribution in [0.15, 0.2) is 59.9 Å². The second kappa shape index (κ2) is 10.1. The zero-order valence-electron chi connectivity index (χ0n) is 16.9. The van der Waals surface area contributed by atoms with E-state index in [2.05, 4.69) is 19.9 Å². The van der Waals surface area contributed by atoms with Crippen LogP contribution in [0.4, 0.5) is 5.82 Å². The van der Waals surface area contributed by atoms with E-state index in [1.165, 1.54) is 17.4 Å². The molecule has 11 heteroatoms. The Morgan fingerprint density at radius 3 is 2.75 bits per heavy atom. The van der Waals surface area contributed by atoms with Crippen molar-refractivity contribution in [1.82, 2.24) is 15.0 Å². The minimum absolute atomic E-state index is 0.294. The molecule has 0 saturated heterocycles. The van der Waals surface area contributed by atoms with Gasteiger partial charge in [-0.3, -0.25) is 0 Å². The summed E-state index contributed by atoms with van der Waals surface area (Å²) in [7, 11) is 0. The maximum absolute atomic E-state index is 9.80. The number of aromatic nitrogens is 3. The minimum atomic E-state index is -1.01. The van der Waals surface area contributed by atoms with Crippen molar-refractivity contribution in [2.45, 2.75) is 13.0 Å². The van der Waals surface area contributed by atoms with Crippen molar-refractivity contribution >= 4 is 34.8 Å². The van der Waals surface area contributed by atoms with E-state index in [9.17, 15) is 5.11 Å². The number of aliphatic hydroxyl groups is 2. The van der Waals surface area contributed by atoms with Crippen LogP contribution < -0.4 is 14.3 Å². The van der Waals surface area contributed by atoms with Crippen LogP contribution in [0, 0.1) is 6.92 Å². The van der Waals surface area contributed by atoms with Crippen LogP contribution >= 0.6 is 22.8 Å². The molecule has 0 saturated carbocycles. The number of nitrogens with zero attached hydrogens (tertiary/aromatic N) is 3. The third-order valence-electron chi connectivity index (χ3n) is 4.34. The molecular formula is C21H18BClN4O4S. The molecule has 162 valence electrons. The van der Waals surface area contributed by atoms with Gasteiger partial charge in [-0.25, -0.2) is 0 Å². The molecule has 0 aliphatic rings. The molecule has 0 amide bonds. The topological polar surface area (TPSA) is 113 Å². The van der Waals surface area contributed by atoms with Gasteiger partial charge >= 0.3 is 193 Å². The quantitative estimate of drug-likeness (QED) is 0.378. The number of pyridine rings is 2. The summed E-state index contributed by atoms with van der Waals surface area (Å²) in [6.07, 6.45) is 3.86. The Morgan fingerprint density at radius 2 is 1.97 bits per heavy atom. The van der Waals surface area contributed by atoms with Crippen molar-refractivity contribution in [3.63, 3.8) is 0 Å². The fourth-order valence-corrected chi connectivity index (χ4v) is 3.64. The number of para-hydroxylation sites is 1. The molecule has 1 atom stereocenters. The number of benzene rings is 1. The van der Waals surface area contributed by atoms with Gasteiger partial charge in [0.1, 0.15) is 0 Å². The number of hydrogen-bond acceptors (Lipinski definition) is 8. The number of aromatic amines is 1. The Balaban J connectivity index is 1.73. The molecule has 0 radical (unpaired) electrons. The van der Waals surface area contributed by atoms with Gasteiger partial charge in [-0.05, 0) is 0 Å². The van der Waals surface area contributed by atoms with Crippen molar-refractivity contribution < 1.29 is 19.7 Å². The molecule has 32 heavy (non-hydrogen) atoms. The fourth-order valence-electron chi connectivity index (χ4n) is 2.70. The number of hydrogen-bond donors (Lipinski definition) is 3. The predicted octanol–water partition coefficient (Wildman–Crippen LogP) is 4.01. The van der Waals surface area contributed by atoms with Crippen LogP contribution in [0.2, 0.25) is 5.02 Å². The van der Waals surface area contributed by atoms with Gasteiger partial charge in [0.15, 0.2) is 0 Å². The molecule has 0 bridgehead atoms. The van der Waals surface area contributed by atoms with Crippen LogP contribution in [-0.4, -0.2) is 37.9 Å². The zero-order valence-corrected chi connectivity index (χ0v) is 18.5. The third-order valence-corrected chi connectivity index (χ3v) is 5.44. The summed E-state index contributed by atoms with van der Waals surface area (Å²) in [4.78, 5) is 16.6. The number of halogens is 1. The Hall–Kier alpha value is -3.05. The first kappa shape index (κ1) is 22.2. The summed E-state index contributed by atoms with van der Waals surface area (Å²) < 4.78 is 11.9. The number of aliphatic hydroxyl groups excluding tert-OH is 2. The van der Waals surface area contributed by atoms with Gasteiger partial charge in [0, 0.05) is 0 Å². The summed E-state index contributed by atoms with van der Waals surface area (Å²) in [5, 5.41) is 19.4. The molecule has 4 aromatic rings. The maximum atomic E-state index is 9.80. The first-order valence-electron chi connectivity index (χ1n) is 9.56. The van der Waals surface area contributed by atoms with Gasteiger partial charge in [0.25, 0.3) is 0 Å². The standard InChI is InChI=1S/C21H18BClN4O4S/c1-12-16(7-4-8-24-12)31-18-9-13(30-17-6-3-2-5-14(17)23)10-25-20(18)27-21-26-19(22-32-21)15(29)11-28/h2-10,15,28-29H,11H2,1H3,(H,25,26,27). The van der Waals surface area contributed by atoms with Gasteiger partial charge < -0.3 is 0 Å². The molecule has 1 unspecified atom stereocenters. The van der Waals surface area contributed by atoms with Crippen LogP contribution in [0.5, 0.6) is 23.0 Å². The van der Waals surface area contributed by atoms with Crippen molar-refractivity contribution in [2.75, 3.05) is 6.61 Å². The number of H-pyrrole nitrogens is 1. The molecule has 1 aromatic carbocycles. The molecule has 0 fully saturated rings. The summed E-state index contributed by atoms with van der Waals surface area (Å²) in [5.74, 6) is 2.09. The molecule has 8 nitrogen and oxygen atoms in total. The van der Waals surface area contributed by atoms with E-state index in [1.807, 2.05) is 19.1 Å². The Labute approximate surface area is 193 Å². The molecule has 0 aliphatic carbocycles. The Kier molecular flexibility index (Phi) is 6.96. The summed E-state index contributed by atoms with van der Waals surface area (Å²) >= 11 is 7.46. The molecule has 3 aromatic heterocycles. The molecular weight excluding hydrogens is 451 g/mol. The van der Waals surface area contributed by atoms with Crippen molar-refractivity contribution in [3.05, 3.63) is 76.0 Å². The second-order valence-corrected chi connectivity index (χ2v) is 7.91. The SMILES string of the molecule is Cc1ncccc1Oc1cc(Oc2ccccc2Cl)cnc1/N=c1/[nH]c(C(O)CO)bs1. The van der Waals surface area contributed by atoms with Gasteiger partial charge in [0.05, 0.1) is 0 Å². The second-order valence-electron chi connectivity index (χ2n) is 6.65. The average molecular weight is 469 g/mol. The number of aryl methyl sites for hydroxylation is 1. The van der Waals surface area contributed by atoms with Crippen molar-refractivity contribution in [1.29, 1.82) is 0 Å². The number of ether oxygens (including phenoxy) is 2. The number of rotatable bonds is 7. The summed E-state index contributed by atoms with van der Waals surface area (Å²) in [6.45, 7) is 1.44. The van der Waals surface area contributed by atoms with Crippen LogP contribution in [0.1, 0.15) is 17.4 Å². The van der Waals surface area contributed by atoms with E-state index in [0.717, 1.165) is 0 Å². The first-order chi connectivity index (χ1) is 15.5. The first-order valence-corrected chi connectivity index (χ1v) is 10.8. The van der Waals surface area contributed by atoms with Gasteiger partial charge in [-0.2, -0.15) is 0 Å². The molecule has 0 aliphatic heterocycles. The summed E-state index contributed by atoms with van der Waals surface area (Å²) in [6, 6.07) is 12.3.